The molecule has 0 amide bonds. The van der Waals surface area contributed by atoms with Crippen molar-refractivity contribution in [2.24, 2.45) is 0 Å². The Hall–Kier alpha value is -1.10. The lowest BCUT2D eigenvalue weighted by Crippen LogP contribution is -2.10. The van der Waals surface area contributed by atoms with Crippen LogP contribution in [0, 0.1) is 6.92 Å². The van der Waals surface area contributed by atoms with Gasteiger partial charge in [-0.2, -0.15) is 11.8 Å². The summed E-state index contributed by atoms with van der Waals surface area (Å²) in [6.45, 7) is 8.21. The Labute approximate surface area is 106 Å². The number of carbonyl (C=O) groups is 1. The molecule has 0 aliphatic carbocycles. The highest BCUT2D eigenvalue weighted by Crippen LogP contribution is 2.15. The van der Waals surface area contributed by atoms with E-state index in [1.807, 2.05) is 0 Å². The molecular weight excluding hydrogens is 236 g/mol. The second-order valence-corrected chi connectivity index (χ2v) is 5.43. The summed E-state index contributed by atoms with van der Waals surface area (Å²) in [7, 11) is 0. The van der Waals surface area contributed by atoms with Crippen molar-refractivity contribution in [3.05, 3.63) is 23.3 Å². The monoisotopic (exact) mass is 254 g/mol. The first-order valence-electron chi connectivity index (χ1n) is 5.65. The molecule has 0 N–H and O–H groups in total. The molecule has 0 spiro atoms. The van der Waals surface area contributed by atoms with E-state index in [1.165, 1.54) is 0 Å². The van der Waals surface area contributed by atoms with Gasteiger partial charge in [0.15, 0.2) is 0 Å². The van der Waals surface area contributed by atoms with Crippen molar-refractivity contribution in [3.63, 3.8) is 0 Å². The number of hydrogen-bond acceptors (Lipinski definition) is 5. The normalized spacial score (nSPS) is 10.6. The summed E-state index contributed by atoms with van der Waals surface area (Å²) in [5.41, 5.74) is 1.13. The number of aromatic nitrogens is 2. The molecule has 1 aromatic rings. The van der Waals surface area contributed by atoms with E-state index >= 15 is 0 Å². The summed E-state index contributed by atoms with van der Waals surface area (Å²) in [5, 5.41) is 0.545. The lowest BCUT2D eigenvalue weighted by Gasteiger charge is -2.07. The van der Waals surface area contributed by atoms with E-state index in [1.54, 1.807) is 31.8 Å². The summed E-state index contributed by atoms with van der Waals surface area (Å²) in [4.78, 5) is 20.0. The first-order valence-corrected chi connectivity index (χ1v) is 6.70. The van der Waals surface area contributed by atoms with Crippen molar-refractivity contribution < 1.29 is 9.53 Å². The highest BCUT2D eigenvalue weighted by molar-refractivity contribution is 7.99. The predicted molar refractivity (Wildman–Crippen MR) is 69.2 cm³/mol. The molecule has 94 valence electrons. The lowest BCUT2D eigenvalue weighted by atomic mass is 10.2. The Morgan fingerprint density at radius 3 is 2.76 bits per heavy atom. The van der Waals surface area contributed by atoms with Gasteiger partial charge in [-0.3, -0.25) is 0 Å². The molecule has 0 atom stereocenters. The Morgan fingerprint density at radius 1 is 1.53 bits per heavy atom. The molecule has 1 aromatic heterocycles. The first kappa shape index (κ1) is 14.0. The zero-order valence-electron chi connectivity index (χ0n) is 10.7. The highest BCUT2D eigenvalue weighted by Gasteiger charge is 2.12. The molecule has 1 rings (SSSR count). The quantitative estimate of drug-likeness (QED) is 0.756. The fourth-order valence-electron chi connectivity index (χ4n) is 1.24. The minimum absolute atomic E-state index is 0.354. The molecule has 0 aliphatic heterocycles. The second kappa shape index (κ2) is 6.59. The van der Waals surface area contributed by atoms with Crippen molar-refractivity contribution in [1.82, 2.24) is 9.97 Å². The molecule has 0 aromatic carbocycles. The smallest absolute Gasteiger partial charge is 0.341 e. The van der Waals surface area contributed by atoms with E-state index in [2.05, 4.69) is 23.8 Å². The fraction of sp³-hybridized carbons (Fsp3) is 0.583. The molecule has 0 unspecified atom stereocenters. The van der Waals surface area contributed by atoms with Crippen LogP contribution in [0.4, 0.5) is 0 Å². The van der Waals surface area contributed by atoms with Crippen molar-refractivity contribution >= 4 is 17.7 Å². The minimum atomic E-state index is -0.354. The van der Waals surface area contributed by atoms with E-state index in [9.17, 15) is 4.79 Å². The predicted octanol–water partition coefficient (Wildman–Crippen LogP) is 2.60. The fourth-order valence-corrected chi connectivity index (χ4v) is 1.86. The number of carbonyl (C=O) groups excluding carboxylic acids is 1. The van der Waals surface area contributed by atoms with Gasteiger partial charge in [0.1, 0.15) is 5.82 Å². The van der Waals surface area contributed by atoms with E-state index in [4.69, 9.17) is 4.74 Å². The first-order chi connectivity index (χ1) is 8.04. The topological polar surface area (TPSA) is 52.1 Å². The molecule has 0 radical (unpaired) electrons. The summed E-state index contributed by atoms with van der Waals surface area (Å²) >= 11 is 1.78. The van der Waals surface area contributed by atoms with Gasteiger partial charge in [0.05, 0.1) is 23.6 Å². The van der Waals surface area contributed by atoms with Gasteiger partial charge < -0.3 is 4.74 Å². The lowest BCUT2D eigenvalue weighted by molar-refractivity contribution is 0.0524. The standard InChI is InChI=1S/C12H18N2O2S/c1-5-16-12(15)10-6-13-11(14-9(10)4)7-17-8(2)3/h6,8H,5,7H2,1-4H3. The van der Waals surface area contributed by atoms with Crippen LogP contribution >= 0.6 is 11.8 Å². The molecule has 4 nitrogen and oxygen atoms in total. The Balaban J connectivity index is 2.75. The van der Waals surface area contributed by atoms with Gasteiger partial charge in [0.2, 0.25) is 0 Å². The summed E-state index contributed by atoms with van der Waals surface area (Å²) in [5.74, 6) is 1.17. The molecule has 17 heavy (non-hydrogen) atoms. The molecule has 0 fully saturated rings. The third-order valence-electron chi connectivity index (χ3n) is 2.07. The van der Waals surface area contributed by atoms with Crippen molar-refractivity contribution in [2.75, 3.05) is 6.61 Å². The highest BCUT2D eigenvalue weighted by atomic mass is 32.2. The zero-order chi connectivity index (χ0) is 12.8. The van der Waals surface area contributed by atoms with Crippen LogP contribution in [0.2, 0.25) is 0 Å². The number of nitrogens with zero attached hydrogens (tertiary/aromatic N) is 2. The Bertz CT molecular complexity index is 394. The summed E-state index contributed by atoms with van der Waals surface area (Å²) in [6, 6.07) is 0. The van der Waals surface area contributed by atoms with Crippen LogP contribution in [0.15, 0.2) is 6.20 Å². The maximum atomic E-state index is 11.5. The molecule has 5 heteroatoms. The van der Waals surface area contributed by atoms with Gasteiger partial charge in [-0.1, -0.05) is 13.8 Å². The van der Waals surface area contributed by atoms with Crippen LogP contribution in [0.3, 0.4) is 0 Å². The van der Waals surface area contributed by atoms with E-state index in [-0.39, 0.29) is 5.97 Å². The average Bonchev–Trinajstić information content (AvgIpc) is 2.26. The average molecular weight is 254 g/mol. The van der Waals surface area contributed by atoms with Crippen molar-refractivity contribution in [1.29, 1.82) is 0 Å². The van der Waals surface area contributed by atoms with Crippen LogP contribution in [-0.2, 0) is 10.5 Å². The van der Waals surface area contributed by atoms with Gasteiger partial charge >= 0.3 is 5.97 Å². The number of rotatable bonds is 5. The van der Waals surface area contributed by atoms with E-state index in [0.29, 0.717) is 23.1 Å². The van der Waals surface area contributed by atoms with Crippen LogP contribution in [0.5, 0.6) is 0 Å². The number of hydrogen-bond donors (Lipinski definition) is 0. The molecule has 0 saturated carbocycles. The third-order valence-corrected chi connectivity index (χ3v) is 3.16. The second-order valence-electron chi connectivity index (χ2n) is 3.87. The summed E-state index contributed by atoms with van der Waals surface area (Å²) < 4.78 is 4.92. The van der Waals surface area contributed by atoms with Gasteiger partial charge in [-0.15, -0.1) is 0 Å². The molecule has 0 saturated heterocycles. The zero-order valence-corrected chi connectivity index (χ0v) is 11.5. The van der Waals surface area contributed by atoms with Gasteiger partial charge in [0, 0.05) is 6.20 Å². The largest absolute Gasteiger partial charge is 0.462 e. The number of ether oxygens (including phenoxy) is 1. The maximum Gasteiger partial charge on any atom is 0.341 e. The molecule has 1 heterocycles. The van der Waals surface area contributed by atoms with Crippen LogP contribution < -0.4 is 0 Å². The maximum absolute atomic E-state index is 11.5. The molecule has 0 aliphatic rings. The SMILES string of the molecule is CCOC(=O)c1cnc(CSC(C)C)nc1C. The molecule has 0 bridgehead atoms. The Morgan fingerprint density at radius 2 is 2.24 bits per heavy atom. The Kier molecular flexibility index (Phi) is 5.41. The number of thioether (sulfide) groups is 1. The summed E-state index contributed by atoms with van der Waals surface area (Å²) in [6.07, 6.45) is 1.55. The van der Waals surface area contributed by atoms with Crippen molar-refractivity contribution in [2.45, 2.75) is 38.7 Å². The van der Waals surface area contributed by atoms with Crippen molar-refractivity contribution in [3.8, 4) is 0 Å². The van der Waals surface area contributed by atoms with Crippen LogP contribution in [0.1, 0.15) is 42.6 Å². The van der Waals surface area contributed by atoms with Gasteiger partial charge in [0.25, 0.3) is 0 Å². The van der Waals surface area contributed by atoms with Gasteiger partial charge in [-0.05, 0) is 19.1 Å². The van der Waals surface area contributed by atoms with E-state index < -0.39 is 0 Å². The van der Waals surface area contributed by atoms with E-state index in [0.717, 1.165) is 11.6 Å². The number of aryl methyl sites for hydroxylation is 1. The van der Waals surface area contributed by atoms with Gasteiger partial charge in [-0.25, -0.2) is 14.8 Å². The minimum Gasteiger partial charge on any atom is -0.462 e. The van der Waals surface area contributed by atoms with Crippen LogP contribution in [-0.4, -0.2) is 27.8 Å². The van der Waals surface area contributed by atoms with Crippen LogP contribution in [0.25, 0.3) is 0 Å². The number of esters is 1. The third kappa shape index (κ3) is 4.34. The molecular formula is C12H18N2O2S.